The van der Waals surface area contributed by atoms with Gasteiger partial charge in [-0.1, -0.05) is 51.1 Å². The van der Waals surface area contributed by atoms with Crippen LogP contribution in [0.2, 0.25) is 0 Å². The zero-order chi connectivity index (χ0) is 33.9. The summed E-state index contributed by atoms with van der Waals surface area (Å²) in [5.74, 6) is -0.960. The van der Waals surface area contributed by atoms with Crippen LogP contribution in [0, 0.1) is 34.5 Å². The number of aliphatic hydroxyl groups excluding tert-OH is 4. The molecule has 1 aromatic carbocycles. The molecule has 4 fully saturated rings. The lowest BCUT2D eigenvalue weighted by Crippen LogP contribution is -2.68. The second kappa shape index (κ2) is 15.1. The number of methoxy groups -OCH3 is 1. The van der Waals surface area contributed by atoms with Crippen molar-refractivity contribution in [1.82, 2.24) is 0 Å². The van der Waals surface area contributed by atoms with Crippen molar-refractivity contribution >= 4 is 18.3 Å². The van der Waals surface area contributed by atoms with Crippen LogP contribution in [0.5, 0.6) is 0 Å². The summed E-state index contributed by atoms with van der Waals surface area (Å²) in [6, 6.07) is 9.46. The normalized spacial score (nSPS) is 43.8. The number of esters is 1. The third-order valence-corrected chi connectivity index (χ3v) is 11.9. The van der Waals surface area contributed by atoms with E-state index in [1.807, 2.05) is 37.3 Å². The highest BCUT2D eigenvalue weighted by Crippen LogP contribution is 2.64. The van der Waals surface area contributed by atoms with Crippen molar-refractivity contribution in [2.75, 3.05) is 20.3 Å². The molecule has 0 bridgehead atoms. The number of carbonyl (C=O) groups is 2. The summed E-state index contributed by atoms with van der Waals surface area (Å²) in [6.45, 7) is 6.34. The van der Waals surface area contributed by atoms with Gasteiger partial charge in [0, 0.05) is 25.0 Å². The van der Waals surface area contributed by atoms with Crippen LogP contribution in [-0.2, 0) is 33.3 Å². The Morgan fingerprint density at radius 3 is 2.45 bits per heavy atom. The molecule has 4 N–H and O–H groups in total. The Morgan fingerprint density at radius 1 is 1.02 bits per heavy atom. The number of ether oxygens (including phenoxy) is 5. The topological polar surface area (TPSA) is 161 Å². The van der Waals surface area contributed by atoms with Crippen LogP contribution in [0.15, 0.2) is 36.4 Å². The fourth-order valence-corrected chi connectivity index (χ4v) is 8.95. The molecule has 11 heteroatoms. The number of hydrogen-bond donors (Lipinski definition) is 4. The van der Waals surface area contributed by atoms with Crippen LogP contribution >= 0.6 is 0 Å². The molecule has 2 heterocycles. The highest BCUT2D eigenvalue weighted by Gasteiger charge is 2.66. The summed E-state index contributed by atoms with van der Waals surface area (Å²) in [5, 5.41) is 41.5. The lowest BCUT2D eigenvalue weighted by Gasteiger charge is -2.64. The number of benzene rings is 1. The lowest BCUT2D eigenvalue weighted by atomic mass is 9.42. The minimum atomic E-state index is -1.61. The maximum absolute atomic E-state index is 13.7. The molecule has 47 heavy (non-hydrogen) atoms. The fraction of sp³-hybridized carbons (Fsp3) is 0.722. The van der Waals surface area contributed by atoms with Crippen LogP contribution in [0.25, 0.3) is 6.08 Å². The fourth-order valence-electron chi connectivity index (χ4n) is 8.95. The number of aliphatic hydroxyl groups is 4. The van der Waals surface area contributed by atoms with E-state index in [0.29, 0.717) is 25.9 Å². The van der Waals surface area contributed by atoms with Gasteiger partial charge in [-0.15, -0.1) is 0 Å². The van der Waals surface area contributed by atoms with Gasteiger partial charge in [-0.2, -0.15) is 0 Å². The number of rotatable bonds is 11. The molecule has 0 amide bonds. The number of carbonyl (C=O) groups excluding carboxylic acids is 2. The molecule has 11 nitrogen and oxygen atoms in total. The van der Waals surface area contributed by atoms with E-state index >= 15 is 0 Å². The molecule has 0 spiro atoms. The predicted molar refractivity (Wildman–Crippen MR) is 170 cm³/mol. The second-order valence-electron chi connectivity index (χ2n) is 14.3. The van der Waals surface area contributed by atoms with Gasteiger partial charge in [-0.25, -0.2) is 4.79 Å². The van der Waals surface area contributed by atoms with Crippen LogP contribution in [0.3, 0.4) is 0 Å². The Hall–Kier alpha value is -2.22. The lowest BCUT2D eigenvalue weighted by molar-refractivity contribution is -0.335. The van der Waals surface area contributed by atoms with Gasteiger partial charge in [0.15, 0.2) is 12.6 Å². The first-order valence-electron chi connectivity index (χ1n) is 17.0. The van der Waals surface area contributed by atoms with Crippen molar-refractivity contribution in [3.63, 3.8) is 0 Å². The van der Waals surface area contributed by atoms with Crippen LogP contribution in [0.4, 0.5) is 0 Å². The monoisotopic (exact) mass is 660 g/mol. The average molecular weight is 661 g/mol. The maximum atomic E-state index is 13.7. The Balaban J connectivity index is 1.49. The van der Waals surface area contributed by atoms with E-state index in [1.165, 1.54) is 6.08 Å². The molecule has 262 valence electrons. The SMILES string of the molecule is COC1OCC[C@@H]1CC[C@]1(C)[C@@H](C)CC(O[C@@H]2O[C@H](CO)[C@@H](O)[C@H](O)[C@H]2O)[C@]2(C=O)[C@@H](C)CCC(OC(=O)/C=C\c3ccccc3)[C@@H]12. The Bertz CT molecular complexity index is 1220. The first-order valence-corrected chi connectivity index (χ1v) is 17.0. The van der Waals surface area contributed by atoms with E-state index < -0.39 is 72.2 Å². The average Bonchev–Trinajstić information content (AvgIpc) is 3.54. The number of fused-ring (bicyclic) bond motifs is 1. The van der Waals surface area contributed by atoms with Gasteiger partial charge in [-0.3, -0.25) is 0 Å². The predicted octanol–water partition coefficient (Wildman–Crippen LogP) is 2.86. The Kier molecular flexibility index (Phi) is 11.6. The molecule has 0 radical (unpaired) electrons. The van der Waals surface area contributed by atoms with Gasteiger partial charge in [0.1, 0.15) is 36.8 Å². The van der Waals surface area contributed by atoms with Gasteiger partial charge in [0.25, 0.3) is 0 Å². The van der Waals surface area contributed by atoms with Gasteiger partial charge >= 0.3 is 5.97 Å². The molecule has 2 aliphatic carbocycles. The third-order valence-electron chi connectivity index (χ3n) is 11.9. The quantitative estimate of drug-likeness (QED) is 0.157. The van der Waals surface area contributed by atoms with E-state index in [1.54, 1.807) is 13.2 Å². The Labute approximate surface area is 277 Å². The van der Waals surface area contributed by atoms with Crippen LogP contribution in [0.1, 0.15) is 64.9 Å². The van der Waals surface area contributed by atoms with Gasteiger partial charge < -0.3 is 48.9 Å². The third kappa shape index (κ3) is 6.96. The molecular weight excluding hydrogens is 608 g/mol. The molecular formula is C36H52O11. The van der Waals surface area contributed by atoms with Gasteiger partial charge in [0.2, 0.25) is 0 Å². The summed E-state index contributed by atoms with van der Waals surface area (Å²) in [7, 11) is 1.65. The standard InChI is InChI=1S/C36H52O11/c1-21-10-12-25(45-28(39)13-11-23-8-6-5-7-9-23)32-35(3,16-14-24-15-17-44-33(24)43-4)22(2)18-27(36(21,32)20-38)47-34-31(42)30(41)29(40)26(19-37)46-34/h5-9,11,13,20-22,24-27,29-34,37,40-42H,10,12,14-19H2,1-4H3/b13-11-/t21-,22-,24-,25?,26+,27?,29+,30-,31+,32-,33?,34-,35+,36-/m0/s1. The molecule has 4 aliphatic rings. The first kappa shape index (κ1) is 36.1. The number of hydrogen-bond acceptors (Lipinski definition) is 11. The van der Waals surface area contributed by atoms with Crippen molar-refractivity contribution < 1.29 is 53.7 Å². The summed E-state index contributed by atoms with van der Waals surface area (Å²) in [6.07, 6.45) is -0.892. The van der Waals surface area contributed by atoms with Crippen molar-refractivity contribution in [3.8, 4) is 0 Å². The largest absolute Gasteiger partial charge is 0.459 e. The summed E-state index contributed by atoms with van der Waals surface area (Å²) < 4.78 is 29.9. The van der Waals surface area contributed by atoms with Crippen LogP contribution < -0.4 is 0 Å². The maximum Gasteiger partial charge on any atom is 0.331 e. The zero-order valence-electron chi connectivity index (χ0n) is 27.9. The first-order chi connectivity index (χ1) is 22.5. The molecule has 1 aromatic rings. The summed E-state index contributed by atoms with van der Waals surface area (Å²) in [4.78, 5) is 27.0. The molecule has 5 rings (SSSR count). The van der Waals surface area contributed by atoms with Crippen molar-refractivity contribution in [2.24, 2.45) is 34.5 Å². The van der Waals surface area contributed by atoms with E-state index in [-0.39, 0.29) is 24.0 Å². The van der Waals surface area contributed by atoms with Crippen molar-refractivity contribution in [1.29, 1.82) is 0 Å². The van der Waals surface area contributed by atoms with Crippen molar-refractivity contribution in [3.05, 3.63) is 42.0 Å². The summed E-state index contributed by atoms with van der Waals surface area (Å²) >= 11 is 0. The molecule has 2 saturated carbocycles. The van der Waals surface area contributed by atoms with Crippen LogP contribution in [-0.4, -0.2) is 102 Å². The van der Waals surface area contributed by atoms with Gasteiger partial charge in [-0.05, 0) is 67.4 Å². The van der Waals surface area contributed by atoms with Gasteiger partial charge in [0.05, 0.1) is 24.7 Å². The smallest absolute Gasteiger partial charge is 0.331 e. The second-order valence-corrected chi connectivity index (χ2v) is 14.3. The zero-order valence-corrected chi connectivity index (χ0v) is 27.9. The molecule has 2 saturated heterocycles. The van der Waals surface area contributed by atoms with E-state index in [2.05, 4.69) is 13.8 Å². The van der Waals surface area contributed by atoms with E-state index in [0.717, 1.165) is 31.1 Å². The highest BCUT2D eigenvalue weighted by atomic mass is 16.7. The Morgan fingerprint density at radius 2 is 1.77 bits per heavy atom. The van der Waals surface area contributed by atoms with E-state index in [9.17, 15) is 30.0 Å². The minimum absolute atomic E-state index is 0.0230. The number of aldehydes is 1. The molecule has 0 aromatic heterocycles. The molecule has 2 aliphatic heterocycles. The minimum Gasteiger partial charge on any atom is -0.459 e. The highest BCUT2D eigenvalue weighted by molar-refractivity contribution is 5.87. The molecule has 14 atom stereocenters. The molecule has 3 unspecified atom stereocenters. The van der Waals surface area contributed by atoms with Crippen molar-refractivity contribution in [2.45, 2.75) is 108 Å². The van der Waals surface area contributed by atoms with E-state index in [4.69, 9.17) is 23.7 Å². The summed E-state index contributed by atoms with van der Waals surface area (Å²) in [5.41, 5.74) is -0.751.